The van der Waals surface area contributed by atoms with Gasteiger partial charge in [-0.3, -0.25) is 4.72 Å². The van der Waals surface area contributed by atoms with Crippen LogP contribution < -0.4 is 9.46 Å². The topological polar surface area (TPSA) is 67.9 Å². The fourth-order valence-electron chi connectivity index (χ4n) is 4.44. The number of nitrogens with zero attached hydrogens (tertiary/aromatic N) is 1. The van der Waals surface area contributed by atoms with Crippen LogP contribution in [0.3, 0.4) is 0 Å². The quantitative estimate of drug-likeness (QED) is 0.356. The minimum atomic E-state index is -3.48. The Bertz CT molecular complexity index is 1160. The Balaban J connectivity index is 1.25. The molecule has 1 N–H and O–H groups in total. The van der Waals surface area contributed by atoms with Gasteiger partial charge in [0.2, 0.25) is 10.0 Å². The van der Waals surface area contributed by atoms with Crippen molar-refractivity contribution in [2.75, 3.05) is 37.2 Å². The van der Waals surface area contributed by atoms with Crippen LogP contribution in [0.25, 0.3) is 0 Å². The van der Waals surface area contributed by atoms with E-state index < -0.39 is 15.8 Å². The second kappa shape index (κ2) is 12.3. The zero-order valence-electron chi connectivity index (χ0n) is 20.5. The summed E-state index contributed by atoms with van der Waals surface area (Å²) in [6, 6.07) is 24.4. The smallest absolute Gasteiger partial charge is 0.229 e. The van der Waals surface area contributed by atoms with E-state index in [1.807, 2.05) is 36.4 Å². The molecule has 8 heteroatoms. The summed E-state index contributed by atoms with van der Waals surface area (Å²) in [6.07, 6.45) is 3.79. The molecule has 6 nitrogen and oxygen atoms in total. The van der Waals surface area contributed by atoms with Gasteiger partial charge in [0.1, 0.15) is 17.7 Å². The van der Waals surface area contributed by atoms with Crippen molar-refractivity contribution in [3.05, 3.63) is 95.8 Å². The number of ether oxygens (including phenoxy) is 2. The molecule has 0 bridgehead atoms. The molecule has 1 saturated heterocycles. The minimum absolute atomic E-state index is 0.0849. The first-order valence-corrected chi connectivity index (χ1v) is 14.1. The summed E-state index contributed by atoms with van der Waals surface area (Å²) in [5, 5.41) is 0. The molecular weight excluding hydrogens is 479 g/mol. The Labute approximate surface area is 213 Å². The number of piperidine rings is 1. The number of rotatable bonds is 11. The van der Waals surface area contributed by atoms with Gasteiger partial charge in [0.05, 0.1) is 24.7 Å². The van der Waals surface area contributed by atoms with E-state index in [1.54, 1.807) is 0 Å². The van der Waals surface area contributed by atoms with E-state index in [-0.39, 0.29) is 23.6 Å². The van der Waals surface area contributed by atoms with Crippen molar-refractivity contribution in [3.8, 4) is 5.75 Å². The molecular formula is C28H33FN2O4S. The van der Waals surface area contributed by atoms with Crippen LogP contribution in [0, 0.1) is 5.82 Å². The standard InChI is InChI=1S/C28H33FN2O4S/c1-36(32,33)30-26-14-13-24(29)21-27(26)34-20-8-17-31-18-15-25(16-19-31)35-28(22-9-4-2-5-10-22)23-11-6-3-7-12-23/h2-7,9-14,21,25,28,30H,8,15-20H2,1H3. The van der Waals surface area contributed by atoms with Gasteiger partial charge in [0.15, 0.2) is 0 Å². The summed E-state index contributed by atoms with van der Waals surface area (Å²) in [6.45, 7) is 3.07. The predicted octanol–water partition coefficient (Wildman–Crippen LogP) is 5.24. The van der Waals surface area contributed by atoms with Crippen molar-refractivity contribution in [2.24, 2.45) is 0 Å². The van der Waals surface area contributed by atoms with Gasteiger partial charge in [0.25, 0.3) is 0 Å². The molecule has 4 rings (SSSR count). The molecule has 1 aliphatic heterocycles. The Morgan fingerprint density at radius 1 is 0.972 bits per heavy atom. The number of hydrogen-bond donors (Lipinski definition) is 1. The zero-order chi connectivity index (χ0) is 25.4. The Morgan fingerprint density at radius 2 is 1.58 bits per heavy atom. The molecule has 192 valence electrons. The molecule has 0 spiro atoms. The Morgan fingerprint density at radius 3 is 2.17 bits per heavy atom. The van der Waals surface area contributed by atoms with Crippen LogP contribution in [-0.2, 0) is 14.8 Å². The van der Waals surface area contributed by atoms with Gasteiger partial charge in [-0.1, -0.05) is 60.7 Å². The fraction of sp³-hybridized carbons (Fsp3) is 0.357. The maximum absolute atomic E-state index is 13.6. The van der Waals surface area contributed by atoms with E-state index in [1.165, 1.54) is 18.2 Å². The maximum atomic E-state index is 13.6. The van der Waals surface area contributed by atoms with Crippen LogP contribution in [0.5, 0.6) is 5.75 Å². The van der Waals surface area contributed by atoms with Crippen LogP contribution >= 0.6 is 0 Å². The van der Waals surface area contributed by atoms with Gasteiger partial charge in [-0.05, 0) is 42.5 Å². The molecule has 1 aliphatic rings. The van der Waals surface area contributed by atoms with Gasteiger partial charge in [-0.25, -0.2) is 12.8 Å². The minimum Gasteiger partial charge on any atom is -0.491 e. The van der Waals surface area contributed by atoms with E-state index in [4.69, 9.17) is 9.47 Å². The fourth-order valence-corrected chi connectivity index (χ4v) is 5.00. The van der Waals surface area contributed by atoms with Gasteiger partial charge in [0, 0.05) is 25.7 Å². The third kappa shape index (κ3) is 7.78. The molecule has 1 fully saturated rings. The molecule has 0 aliphatic carbocycles. The lowest BCUT2D eigenvalue weighted by Crippen LogP contribution is -2.38. The van der Waals surface area contributed by atoms with Crippen LogP contribution in [0.2, 0.25) is 0 Å². The summed E-state index contributed by atoms with van der Waals surface area (Å²) in [5.41, 5.74) is 2.55. The molecule has 1 heterocycles. The van der Waals surface area contributed by atoms with E-state index in [9.17, 15) is 12.8 Å². The Kier molecular flexibility index (Phi) is 8.96. The van der Waals surface area contributed by atoms with E-state index in [0.717, 1.165) is 56.3 Å². The first-order valence-electron chi connectivity index (χ1n) is 12.3. The third-order valence-electron chi connectivity index (χ3n) is 6.18. The molecule has 0 unspecified atom stereocenters. The van der Waals surface area contributed by atoms with Crippen molar-refractivity contribution in [3.63, 3.8) is 0 Å². The second-order valence-corrected chi connectivity index (χ2v) is 10.8. The van der Waals surface area contributed by atoms with Crippen molar-refractivity contribution >= 4 is 15.7 Å². The Hall–Kier alpha value is -2.94. The molecule has 0 aromatic heterocycles. The lowest BCUT2D eigenvalue weighted by Gasteiger charge is -2.34. The molecule has 0 radical (unpaired) electrons. The largest absolute Gasteiger partial charge is 0.491 e. The lowest BCUT2D eigenvalue weighted by molar-refractivity contribution is -0.0273. The maximum Gasteiger partial charge on any atom is 0.229 e. The number of nitrogens with one attached hydrogen (secondary N) is 1. The number of likely N-dealkylation sites (tertiary alicyclic amines) is 1. The SMILES string of the molecule is CS(=O)(=O)Nc1ccc(F)cc1OCCCN1CCC(OC(c2ccccc2)c2ccccc2)CC1. The molecule has 0 atom stereocenters. The number of hydrogen-bond acceptors (Lipinski definition) is 5. The molecule has 36 heavy (non-hydrogen) atoms. The summed E-state index contributed by atoms with van der Waals surface area (Å²) in [4.78, 5) is 2.38. The van der Waals surface area contributed by atoms with Gasteiger partial charge >= 0.3 is 0 Å². The van der Waals surface area contributed by atoms with Crippen molar-refractivity contribution in [2.45, 2.75) is 31.5 Å². The molecule has 3 aromatic rings. The van der Waals surface area contributed by atoms with Crippen molar-refractivity contribution < 1.29 is 22.3 Å². The van der Waals surface area contributed by atoms with Gasteiger partial charge < -0.3 is 14.4 Å². The lowest BCUT2D eigenvalue weighted by atomic mass is 10.00. The monoisotopic (exact) mass is 512 g/mol. The second-order valence-electron chi connectivity index (χ2n) is 9.10. The summed E-state index contributed by atoms with van der Waals surface area (Å²) in [7, 11) is -3.48. The highest BCUT2D eigenvalue weighted by Gasteiger charge is 2.24. The van der Waals surface area contributed by atoms with E-state index in [2.05, 4.69) is 33.9 Å². The molecule has 3 aromatic carbocycles. The first kappa shape index (κ1) is 26.1. The highest BCUT2D eigenvalue weighted by Crippen LogP contribution is 2.30. The summed E-state index contributed by atoms with van der Waals surface area (Å²) in [5.74, 6) is -0.282. The normalized spacial score (nSPS) is 15.2. The zero-order valence-corrected chi connectivity index (χ0v) is 21.3. The number of halogens is 1. The van der Waals surface area contributed by atoms with Gasteiger partial charge in [-0.15, -0.1) is 0 Å². The van der Waals surface area contributed by atoms with Gasteiger partial charge in [-0.2, -0.15) is 0 Å². The first-order chi connectivity index (χ1) is 17.4. The summed E-state index contributed by atoms with van der Waals surface area (Å²) >= 11 is 0. The molecule has 0 saturated carbocycles. The number of anilines is 1. The predicted molar refractivity (Wildman–Crippen MR) is 140 cm³/mol. The number of sulfonamides is 1. The van der Waals surface area contributed by atoms with Crippen LogP contribution in [0.15, 0.2) is 78.9 Å². The van der Waals surface area contributed by atoms with Crippen molar-refractivity contribution in [1.29, 1.82) is 0 Å². The van der Waals surface area contributed by atoms with E-state index >= 15 is 0 Å². The average molecular weight is 513 g/mol. The van der Waals surface area contributed by atoms with Crippen LogP contribution in [-0.4, -0.2) is 51.9 Å². The summed E-state index contributed by atoms with van der Waals surface area (Å²) < 4.78 is 51.4. The van der Waals surface area contributed by atoms with E-state index in [0.29, 0.717) is 6.61 Å². The molecule has 0 amide bonds. The third-order valence-corrected chi connectivity index (χ3v) is 6.77. The number of benzene rings is 3. The van der Waals surface area contributed by atoms with Crippen LogP contribution in [0.4, 0.5) is 10.1 Å². The average Bonchev–Trinajstić information content (AvgIpc) is 2.88. The van der Waals surface area contributed by atoms with Crippen molar-refractivity contribution in [1.82, 2.24) is 4.90 Å². The highest BCUT2D eigenvalue weighted by atomic mass is 32.2. The van der Waals surface area contributed by atoms with Crippen LogP contribution in [0.1, 0.15) is 36.5 Å². The highest BCUT2D eigenvalue weighted by molar-refractivity contribution is 7.92.